The number of urea groups is 1. The number of carbonyl (C=O) groups excluding carboxylic acids is 1. The molecule has 1 atom stereocenters. The van der Waals surface area contributed by atoms with Crippen LogP contribution in [0, 0.1) is 0 Å². The molecule has 0 aromatic rings. The van der Waals surface area contributed by atoms with Gasteiger partial charge < -0.3 is 15.0 Å². The zero-order valence-corrected chi connectivity index (χ0v) is 9.79. The number of hydrogen-bond donors (Lipinski definition) is 1. The van der Waals surface area contributed by atoms with Crippen LogP contribution in [0.3, 0.4) is 0 Å². The van der Waals surface area contributed by atoms with E-state index in [2.05, 4.69) is 5.32 Å². The number of amides is 2. The smallest absolute Gasteiger partial charge is 0.317 e. The molecule has 88 valence electrons. The normalized spacial score (nSPS) is 20.3. The van der Waals surface area contributed by atoms with E-state index in [1.54, 1.807) is 4.90 Å². The molecule has 0 radical (unpaired) electrons. The molecule has 2 amide bonds. The van der Waals surface area contributed by atoms with E-state index in [9.17, 15) is 4.79 Å². The van der Waals surface area contributed by atoms with E-state index in [1.165, 1.54) is 0 Å². The summed E-state index contributed by atoms with van der Waals surface area (Å²) in [5, 5.41) is 2.92. The quantitative estimate of drug-likeness (QED) is 0.755. The van der Waals surface area contributed by atoms with Crippen molar-refractivity contribution in [1.82, 2.24) is 10.2 Å². The molecule has 1 saturated heterocycles. The lowest BCUT2D eigenvalue weighted by Gasteiger charge is -2.19. The Morgan fingerprint density at radius 1 is 1.47 bits per heavy atom. The van der Waals surface area contributed by atoms with E-state index in [4.69, 9.17) is 4.74 Å². The Morgan fingerprint density at radius 2 is 2.20 bits per heavy atom. The number of ether oxygens (including phenoxy) is 1. The van der Waals surface area contributed by atoms with Crippen molar-refractivity contribution in [2.24, 2.45) is 0 Å². The molecule has 1 fully saturated rings. The third-order valence-electron chi connectivity index (χ3n) is 2.82. The lowest BCUT2D eigenvalue weighted by atomic mass is 10.2. The van der Waals surface area contributed by atoms with E-state index in [0.717, 1.165) is 45.5 Å². The minimum Gasteiger partial charge on any atom is -0.378 e. The zero-order valence-electron chi connectivity index (χ0n) is 9.79. The Morgan fingerprint density at radius 3 is 2.73 bits per heavy atom. The highest BCUT2D eigenvalue weighted by molar-refractivity contribution is 5.73. The van der Waals surface area contributed by atoms with Crippen molar-refractivity contribution in [2.45, 2.75) is 39.2 Å². The van der Waals surface area contributed by atoms with Crippen LogP contribution in [0.4, 0.5) is 4.79 Å². The predicted octanol–water partition coefficient (Wildman–Crippen LogP) is 1.61. The molecule has 0 spiro atoms. The highest BCUT2D eigenvalue weighted by Crippen LogP contribution is 2.14. The summed E-state index contributed by atoms with van der Waals surface area (Å²) in [4.78, 5) is 13.3. The Hall–Kier alpha value is -0.770. The van der Waals surface area contributed by atoms with Crippen LogP contribution in [0.25, 0.3) is 0 Å². The highest BCUT2D eigenvalue weighted by atomic mass is 16.5. The molecule has 1 aliphatic heterocycles. The van der Waals surface area contributed by atoms with Gasteiger partial charge in [-0.3, -0.25) is 0 Å². The van der Waals surface area contributed by atoms with Gasteiger partial charge in [0.1, 0.15) is 0 Å². The Bertz CT molecular complexity index is 187. The average Bonchev–Trinajstić information content (AvgIpc) is 2.72. The van der Waals surface area contributed by atoms with Crippen LogP contribution in [0.2, 0.25) is 0 Å². The van der Waals surface area contributed by atoms with Crippen molar-refractivity contribution in [3.05, 3.63) is 0 Å². The van der Waals surface area contributed by atoms with E-state index in [-0.39, 0.29) is 6.03 Å². The summed E-state index contributed by atoms with van der Waals surface area (Å²) in [5.41, 5.74) is 0. The van der Waals surface area contributed by atoms with Gasteiger partial charge >= 0.3 is 6.03 Å². The standard InChI is InChI=1S/C11H22N2O2/c1-3-13(4-2)11(14)12-8-7-10-6-5-9-15-10/h10H,3-9H2,1-2H3,(H,12,14). The van der Waals surface area contributed by atoms with Gasteiger partial charge in [0.2, 0.25) is 0 Å². The summed E-state index contributed by atoms with van der Waals surface area (Å²) in [6, 6.07) is 0.0398. The third kappa shape index (κ3) is 4.08. The minimum absolute atomic E-state index is 0.0398. The van der Waals surface area contributed by atoms with E-state index in [1.807, 2.05) is 13.8 Å². The lowest BCUT2D eigenvalue weighted by molar-refractivity contribution is 0.104. The highest BCUT2D eigenvalue weighted by Gasteiger charge is 2.15. The summed E-state index contributed by atoms with van der Waals surface area (Å²) in [5.74, 6) is 0. The summed E-state index contributed by atoms with van der Waals surface area (Å²) in [6.07, 6.45) is 3.60. The SMILES string of the molecule is CCN(CC)C(=O)NCCC1CCCO1. The number of carbonyl (C=O) groups is 1. The second kappa shape index (κ2) is 6.67. The number of hydrogen-bond acceptors (Lipinski definition) is 2. The largest absolute Gasteiger partial charge is 0.378 e. The Labute approximate surface area is 92.0 Å². The van der Waals surface area contributed by atoms with Crippen LogP contribution < -0.4 is 5.32 Å². The molecule has 4 nitrogen and oxygen atoms in total. The second-order valence-corrected chi connectivity index (χ2v) is 3.83. The van der Waals surface area contributed by atoms with Crippen LogP contribution >= 0.6 is 0 Å². The number of rotatable bonds is 5. The lowest BCUT2D eigenvalue weighted by Crippen LogP contribution is -2.40. The van der Waals surface area contributed by atoms with Crippen molar-refractivity contribution in [3.63, 3.8) is 0 Å². The fraction of sp³-hybridized carbons (Fsp3) is 0.909. The summed E-state index contributed by atoms with van der Waals surface area (Å²) < 4.78 is 5.48. The Kier molecular flexibility index (Phi) is 5.47. The molecule has 0 aromatic heterocycles. The fourth-order valence-corrected chi connectivity index (χ4v) is 1.83. The molecule has 1 rings (SSSR count). The molecule has 0 saturated carbocycles. The van der Waals surface area contributed by atoms with Gasteiger partial charge in [-0.2, -0.15) is 0 Å². The molecule has 0 bridgehead atoms. The molecule has 0 aromatic carbocycles. The first-order chi connectivity index (χ1) is 7.27. The predicted molar refractivity (Wildman–Crippen MR) is 59.9 cm³/mol. The molecule has 1 heterocycles. The zero-order chi connectivity index (χ0) is 11.1. The molecule has 1 aliphatic rings. The second-order valence-electron chi connectivity index (χ2n) is 3.83. The molecule has 1 N–H and O–H groups in total. The maximum atomic E-state index is 11.6. The van der Waals surface area contributed by atoms with E-state index < -0.39 is 0 Å². The van der Waals surface area contributed by atoms with Crippen molar-refractivity contribution < 1.29 is 9.53 Å². The van der Waals surface area contributed by atoms with Crippen LogP contribution in [0.15, 0.2) is 0 Å². The van der Waals surface area contributed by atoms with Gasteiger partial charge in [-0.05, 0) is 33.1 Å². The van der Waals surface area contributed by atoms with Gasteiger partial charge in [-0.1, -0.05) is 0 Å². The van der Waals surface area contributed by atoms with Gasteiger partial charge in [0.15, 0.2) is 0 Å². The monoisotopic (exact) mass is 214 g/mol. The topological polar surface area (TPSA) is 41.6 Å². The molecule has 1 unspecified atom stereocenters. The van der Waals surface area contributed by atoms with Crippen LogP contribution in [-0.2, 0) is 4.74 Å². The number of nitrogens with zero attached hydrogens (tertiary/aromatic N) is 1. The molecule has 0 aliphatic carbocycles. The van der Waals surface area contributed by atoms with E-state index in [0.29, 0.717) is 6.10 Å². The number of nitrogens with one attached hydrogen (secondary N) is 1. The first-order valence-corrected chi connectivity index (χ1v) is 5.92. The molecule has 15 heavy (non-hydrogen) atoms. The minimum atomic E-state index is 0.0398. The van der Waals surface area contributed by atoms with Crippen LogP contribution in [0.1, 0.15) is 33.1 Å². The molecule has 4 heteroatoms. The van der Waals surface area contributed by atoms with E-state index >= 15 is 0 Å². The average molecular weight is 214 g/mol. The van der Waals surface area contributed by atoms with Gasteiger partial charge in [-0.25, -0.2) is 4.79 Å². The first-order valence-electron chi connectivity index (χ1n) is 5.92. The van der Waals surface area contributed by atoms with Crippen molar-refractivity contribution in [1.29, 1.82) is 0 Å². The van der Waals surface area contributed by atoms with Gasteiger partial charge in [0.05, 0.1) is 6.10 Å². The summed E-state index contributed by atoms with van der Waals surface area (Å²) >= 11 is 0. The van der Waals surface area contributed by atoms with Crippen molar-refractivity contribution in [3.8, 4) is 0 Å². The molecular weight excluding hydrogens is 192 g/mol. The van der Waals surface area contributed by atoms with Gasteiger partial charge in [0, 0.05) is 26.2 Å². The molecular formula is C11H22N2O2. The van der Waals surface area contributed by atoms with Gasteiger partial charge in [-0.15, -0.1) is 0 Å². The third-order valence-corrected chi connectivity index (χ3v) is 2.82. The summed E-state index contributed by atoms with van der Waals surface area (Å²) in [7, 11) is 0. The maximum absolute atomic E-state index is 11.6. The van der Waals surface area contributed by atoms with Gasteiger partial charge in [0.25, 0.3) is 0 Å². The first kappa shape index (κ1) is 12.3. The van der Waals surface area contributed by atoms with Crippen molar-refractivity contribution in [2.75, 3.05) is 26.2 Å². The van der Waals surface area contributed by atoms with Crippen LogP contribution in [-0.4, -0.2) is 43.3 Å². The van der Waals surface area contributed by atoms with Crippen molar-refractivity contribution >= 4 is 6.03 Å². The maximum Gasteiger partial charge on any atom is 0.317 e. The van der Waals surface area contributed by atoms with Crippen LogP contribution in [0.5, 0.6) is 0 Å². The Balaban J connectivity index is 2.10. The summed E-state index contributed by atoms with van der Waals surface area (Å²) in [6.45, 7) is 7.12. The fourth-order valence-electron chi connectivity index (χ4n) is 1.83.